The van der Waals surface area contributed by atoms with Crippen molar-refractivity contribution in [1.82, 2.24) is 24.1 Å². The number of nitrogens with zero attached hydrogens (tertiary/aromatic N) is 6. The summed E-state index contributed by atoms with van der Waals surface area (Å²) in [4.78, 5) is 7.02. The molecule has 0 radical (unpaired) electrons. The van der Waals surface area contributed by atoms with E-state index in [-0.39, 0.29) is 6.10 Å². The number of hydrogen-bond acceptors (Lipinski definition) is 7. The average molecular weight is 415 g/mol. The molecular formula is C20H26N6O2S. The first-order chi connectivity index (χ1) is 14.3. The van der Waals surface area contributed by atoms with E-state index >= 15 is 0 Å². The fourth-order valence-electron chi connectivity index (χ4n) is 3.94. The summed E-state index contributed by atoms with van der Waals surface area (Å²) in [6.45, 7) is 6.90. The number of anilines is 1. The van der Waals surface area contributed by atoms with Crippen LogP contribution in [0.15, 0.2) is 29.6 Å². The lowest BCUT2D eigenvalue weighted by Crippen LogP contribution is -2.38. The van der Waals surface area contributed by atoms with Gasteiger partial charge in [-0.1, -0.05) is 17.8 Å². The zero-order chi connectivity index (χ0) is 19.6. The number of thioether (sulfide) groups is 1. The van der Waals surface area contributed by atoms with Gasteiger partial charge in [0, 0.05) is 37.3 Å². The van der Waals surface area contributed by atoms with Gasteiger partial charge in [-0.15, -0.1) is 10.2 Å². The van der Waals surface area contributed by atoms with E-state index < -0.39 is 0 Å². The SMILES string of the molecule is Cc1cccc2nc(CSc3nnc(N4CCOCC4)n3CC3CCCO3)cn12. The van der Waals surface area contributed by atoms with Gasteiger partial charge in [0.05, 0.1) is 31.6 Å². The molecule has 29 heavy (non-hydrogen) atoms. The first kappa shape index (κ1) is 18.9. The van der Waals surface area contributed by atoms with Crippen molar-refractivity contribution in [2.45, 2.75) is 43.3 Å². The lowest BCUT2D eigenvalue weighted by molar-refractivity contribution is 0.0942. The van der Waals surface area contributed by atoms with Gasteiger partial charge in [0.15, 0.2) is 5.16 Å². The van der Waals surface area contributed by atoms with E-state index in [0.717, 1.165) is 80.5 Å². The summed E-state index contributed by atoms with van der Waals surface area (Å²) in [5, 5.41) is 9.98. The molecule has 3 aromatic heterocycles. The minimum Gasteiger partial charge on any atom is -0.378 e. The Morgan fingerprint density at radius 2 is 2.07 bits per heavy atom. The standard InChI is InChI=1S/C20H26N6O2S/c1-15-4-2-6-18-21-16(12-25(15)18)14-29-20-23-22-19(24-7-10-27-11-8-24)26(20)13-17-5-3-9-28-17/h2,4,6,12,17H,3,5,7-11,13-14H2,1H3. The minimum absolute atomic E-state index is 0.239. The van der Waals surface area contributed by atoms with Crippen LogP contribution in [0.1, 0.15) is 24.2 Å². The predicted molar refractivity (Wildman–Crippen MR) is 112 cm³/mol. The molecule has 0 aromatic carbocycles. The minimum atomic E-state index is 0.239. The third-order valence-corrected chi connectivity index (χ3v) is 6.50. The topological polar surface area (TPSA) is 69.7 Å². The van der Waals surface area contributed by atoms with Crippen molar-refractivity contribution in [3.63, 3.8) is 0 Å². The van der Waals surface area contributed by atoms with Crippen LogP contribution in [0.4, 0.5) is 5.95 Å². The van der Waals surface area contributed by atoms with E-state index in [2.05, 4.69) is 43.3 Å². The summed E-state index contributed by atoms with van der Waals surface area (Å²) in [6, 6.07) is 6.18. The van der Waals surface area contributed by atoms with Crippen LogP contribution in [0.25, 0.3) is 5.65 Å². The second-order valence-electron chi connectivity index (χ2n) is 7.54. The number of pyridine rings is 1. The highest BCUT2D eigenvalue weighted by atomic mass is 32.2. The number of ether oxygens (including phenoxy) is 2. The van der Waals surface area contributed by atoms with Crippen LogP contribution < -0.4 is 4.90 Å². The number of imidazole rings is 1. The molecule has 5 rings (SSSR count). The van der Waals surface area contributed by atoms with Crippen LogP contribution in [-0.4, -0.2) is 63.2 Å². The Morgan fingerprint density at radius 3 is 2.86 bits per heavy atom. The van der Waals surface area contributed by atoms with Crippen molar-refractivity contribution in [3.05, 3.63) is 35.8 Å². The second-order valence-corrected chi connectivity index (χ2v) is 8.49. The third kappa shape index (κ3) is 3.99. The summed E-state index contributed by atoms with van der Waals surface area (Å²) >= 11 is 1.69. The Hall–Kier alpha value is -2.10. The number of hydrogen-bond donors (Lipinski definition) is 0. The summed E-state index contributed by atoms with van der Waals surface area (Å²) in [5.74, 6) is 1.69. The number of fused-ring (bicyclic) bond motifs is 1. The summed E-state index contributed by atoms with van der Waals surface area (Å²) in [7, 11) is 0. The van der Waals surface area contributed by atoms with Crippen molar-refractivity contribution in [2.24, 2.45) is 0 Å². The van der Waals surface area contributed by atoms with E-state index in [4.69, 9.17) is 14.5 Å². The maximum absolute atomic E-state index is 5.89. The van der Waals surface area contributed by atoms with E-state index in [1.165, 1.54) is 5.69 Å². The molecule has 0 amide bonds. The van der Waals surface area contributed by atoms with Gasteiger partial charge < -0.3 is 18.8 Å². The van der Waals surface area contributed by atoms with Gasteiger partial charge in [-0.3, -0.25) is 4.57 Å². The number of rotatable bonds is 6. The third-order valence-electron chi connectivity index (χ3n) is 5.50. The summed E-state index contributed by atoms with van der Waals surface area (Å²) < 4.78 is 15.8. The highest BCUT2D eigenvalue weighted by molar-refractivity contribution is 7.98. The maximum atomic E-state index is 5.89. The molecule has 0 spiro atoms. The monoisotopic (exact) mass is 414 g/mol. The molecule has 3 aromatic rings. The molecule has 2 aliphatic rings. The van der Waals surface area contributed by atoms with Gasteiger partial charge in [0.2, 0.25) is 5.95 Å². The van der Waals surface area contributed by atoms with Crippen LogP contribution in [0.5, 0.6) is 0 Å². The van der Waals surface area contributed by atoms with Gasteiger partial charge in [0.25, 0.3) is 0 Å². The van der Waals surface area contributed by atoms with E-state index in [1.54, 1.807) is 11.8 Å². The molecule has 2 aliphatic heterocycles. The predicted octanol–water partition coefficient (Wildman–Crippen LogP) is 2.54. The Labute approximate surface area is 174 Å². The van der Waals surface area contributed by atoms with Gasteiger partial charge >= 0.3 is 0 Å². The zero-order valence-electron chi connectivity index (χ0n) is 16.7. The van der Waals surface area contributed by atoms with Crippen molar-refractivity contribution in [2.75, 3.05) is 37.8 Å². The van der Waals surface area contributed by atoms with Crippen LogP contribution in [0.2, 0.25) is 0 Å². The molecule has 0 aliphatic carbocycles. The Bertz CT molecular complexity index is 975. The quantitative estimate of drug-likeness (QED) is 0.574. The van der Waals surface area contributed by atoms with E-state index in [0.29, 0.717) is 0 Å². The zero-order valence-corrected chi connectivity index (χ0v) is 17.5. The number of aromatic nitrogens is 5. The molecule has 1 atom stereocenters. The molecule has 0 saturated carbocycles. The van der Waals surface area contributed by atoms with Gasteiger partial charge in [-0.2, -0.15) is 0 Å². The second kappa shape index (κ2) is 8.33. The maximum Gasteiger partial charge on any atom is 0.228 e. The molecule has 0 bridgehead atoms. The fourth-order valence-corrected chi connectivity index (χ4v) is 4.77. The normalized spacial score (nSPS) is 20.0. The summed E-state index contributed by atoms with van der Waals surface area (Å²) in [6.07, 6.45) is 4.57. The lowest BCUT2D eigenvalue weighted by Gasteiger charge is -2.28. The largest absolute Gasteiger partial charge is 0.378 e. The molecule has 154 valence electrons. The van der Waals surface area contributed by atoms with Gasteiger partial charge in [0.1, 0.15) is 5.65 Å². The van der Waals surface area contributed by atoms with Crippen molar-refractivity contribution < 1.29 is 9.47 Å². The average Bonchev–Trinajstić information content (AvgIpc) is 3.48. The Morgan fingerprint density at radius 1 is 1.17 bits per heavy atom. The molecule has 5 heterocycles. The highest BCUT2D eigenvalue weighted by Crippen LogP contribution is 2.28. The molecule has 1 unspecified atom stereocenters. The Balaban J connectivity index is 1.37. The van der Waals surface area contributed by atoms with Crippen LogP contribution in [0, 0.1) is 6.92 Å². The van der Waals surface area contributed by atoms with Gasteiger partial charge in [-0.25, -0.2) is 4.98 Å². The van der Waals surface area contributed by atoms with E-state index in [9.17, 15) is 0 Å². The molecule has 2 saturated heterocycles. The number of aryl methyl sites for hydroxylation is 1. The first-order valence-corrected chi connectivity index (χ1v) is 11.2. The molecule has 2 fully saturated rings. The first-order valence-electron chi connectivity index (χ1n) is 10.2. The highest BCUT2D eigenvalue weighted by Gasteiger charge is 2.25. The van der Waals surface area contributed by atoms with Crippen molar-refractivity contribution in [1.29, 1.82) is 0 Å². The Kier molecular flexibility index (Phi) is 5.43. The molecular weight excluding hydrogens is 388 g/mol. The summed E-state index contributed by atoms with van der Waals surface area (Å²) in [5.41, 5.74) is 3.21. The number of morpholine rings is 1. The lowest BCUT2D eigenvalue weighted by atomic mass is 10.2. The van der Waals surface area contributed by atoms with E-state index in [1.807, 2.05) is 12.1 Å². The molecule has 8 nitrogen and oxygen atoms in total. The fraction of sp³-hybridized carbons (Fsp3) is 0.550. The van der Waals surface area contributed by atoms with Crippen LogP contribution in [0.3, 0.4) is 0 Å². The van der Waals surface area contributed by atoms with Crippen LogP contribution >= 0.6 is 11.8 Å². The molecule has 0 N–H and O–H groups in total. The molecule has 9 heteroatoms. The van der Waals surface area contributed by atoms with Gasteiger partial charge in [-0.05, 0) is 31.9 Å². The van der Waals surface area contributed by atoms with Crippen LogP contribution in [-0.2, 0) is 21.8 Å². The smallest absolute Gasteiger partial charge is 0.228 e. The van der Waals surface area contributed by atoms with Crippen molar-refractivity contribution in [3.8, 4) is 0 Å². The van der Waals surface area contributed by atoms with Crippen molar-refractivity contribution >= 4 is 23.4 Å².